The topological polar surface area (TPSA) is 97.4 Å². The van der Waals surface area contributed by atoms with E-state index in [-0.39, 0.29) is 22.7 Å². The molecule has 1 heterocycles. The van der Waals surface area contributed by atoms with Crippen molar-refractivity contribution >= 4 is 35.1 Å². The third kappa shape index (κ3) is 6.13. The Morgan fingerprint density at radius 1 is 1.03 bits per heavy atom. The highest BCUT2D eigenvalue weighted by Crippen LogP contribution is 2.18. The number of carbonyl (C=O) groups is 3. The first-order valence-corrected chi connectivity index (χ1v) is 9.85. The maximum atomic E-state index is 12.7. The van der Waals surface area contributed by atoms with Crippen LogP contribution >= 0.6 is 11.6 Å². The lowest BCUT2D eigenvalue weighted by atomic mass is 10.1. The summed E-state index contributed by atoms with van der Waals surface area (Å²) in [5, 5.41) is 5.66. The number of amides is 2. The van der Waals surface area contributed by atoms with Crippen LogP contribution in [0.1, 0.15) is 39.2 Å². The molecule has 2 aromatic carbocycles. The van der Waals surface area contributed by atoms with Crippen molar-refractivity contribution in [3.05, 3.63) is 94.8 Å². The van der Waals surface area contributed by atoms with E-state index in [2.05, 4.69) is 15.6 Å². The number of nitrogens with zero attached hydrogens (tertiary/aromatic N) is 1. The Kier molecular flexibility index (Phi) is 7.35. The predicted octanol–water partition coefficient (Wildman–Crippen LogP) is 4.02. The second-order valence-corrected chi connectivity index (χ2v) is 7.03. The second-order valence-electron chi connectivity index (χ2n) is 6.64. The lowest BCUT2D eigenvalue weighted by Gasteiger charge is -2.16. The monoisotopic (exact) mass is 437 g/mol. The van der Waals surface area contributed by atoms with Gasteiger partial charge in [-0.2, -0.15) is 0 Å². The van der Waals surface area contributed by atoms with Gasteiger partial charge in [-0.1, -0.05) is 54.1 Å². The molecule has 7 nitrogen and oxygen atoms in total. The highest BCUT2D eigenvalue weighted by Gasteiger charge is 2.17. The average Bonchev–Trinajstić information content (AvgIpc) is 2.78. The molecule has 1 aromatic heterocycles. The molecule has 8 heteroatoms. The van der Waals surface area contributed by atoms with Crippen LogP contribution in [-0.2, 0) is 9.53 Å². The van der Waals surface area contributed by atoms with Gasteiger partial charge in [-0.05, 0) is 36.8 Å². The normalized spacial score (nSPS) is 11.3. The fraction of sp³-hybridized carbons (Fsp3) is 0.130. The Morgan fingerprint density at radius 2 is 1.74 bits per heavy atom. The van der Waals surface area contributed by atoms with Crippen LogP contribution in [0.2, 0.25) is 5.15 Å². The minimum absolute atomic E-state index is 0.142. The van der Waals surface area contributed by atoms with Crippen LogP contribution in [0.3, 0.4) is 0 Å². The zero-order valence-corrected chi connectivity index (χ0v) is 17.4. The molecule has 2 N–H and O–H groups in total. The van der Waals surface area contributed by atoms with E-state index in [0.29, 0.717) is 11.3 Å². The maximum absolute atomic E-state index is 12.7. The van der Waals surface area contributed by atoms with Crippen molar-refractivity contribution in [1.82, 2.24) is 10.3 Å². The van der Waals surface area contributed by atoms with E-state index in [4.69, 9.17) is 16.3 Å². The van der Waals surface area contributed by atoms with E-state index >= 15 is 0 Å². The molecule has 0 spiro atoms. The SMILES string of the molecule is CC(NC(=O)c1ccccc1NC(=O)COC(=O)c1ccnc(Cl)c1)c1ccccc1. The van der Waals surface area contributed by atoms with Gasteiger partial charge in [0.05, 0.1) is 22.9 Å². The zero-order valence-electron chi connectivity index (χ0n) is 16.7. The van der Waals surface area contributed by atoms with Crippen molar-refractivity contribution in [3.63, 3.8) is 0 Å². The molecule has 1 atom stereocenters. The highest BCUT2D eigenvalue weighted by molar-refractivity contribution is 6.29. The van der Waals surface area contributed by atoms with Crippen molar-refractivity contribution in [2.24, 2.45) is 0 Å². The summed E-state index contributed by atoms with van der Waals surface area (Å²) >= 11 is 5.74. The van der Waals surface area contributed by atoms with Crippen LogP contribution < -0.4 is 10.6 Å². The van der Waals surface area contributed by atoms with Gasteiger partial charge in [0.25, 0.3) is 11.8 Å². The summed E-state index contributed by atoms with van der Waals surface area (Å²) in [6.07, 6.45) is 1.37. The Balaban J connectivity index is 1.61. The number of ether oxygens (including phenoxy) is 1. The Hall–Kier alpha value is -3.71. The lowest BCUT2D eigenvalue weighted by molar-refractivity contribution is -0.119. The Morgan fingerprint density at radius 3 is 2.48 bits per heavy atom. The molecular formula is C23H20ClN3O4. The molecule has 3 rings (SSSR count). The van der Waals surface area contributed by atoms with Gasteiger partial charge in [0.1, 0.15) is 5.15 Å². The van der Waals surface area contributed by atoms with Crippen LogP contribution in [0, 0.1) is 0 Å². The van der Waals surface area contributed by atoms with Crippen molar-refractivity contribution in [3.8, 4) is 0 Å². The molecule has 0 aliphatic carbocycles. The number of benzene rings is 2. The van der Waals surface area contributed by atoms with E-state index in [1.165, 1.54) is 18.3 Å². The molecule has 0 fully saturated rings. The van der Waals surface area contributed by atoms with Gasteiger partial charge in [-0.25, -0.2) is 9.78 Å². The molecule has 0 saturated carbocycles. The molecule has 0 bridgehead atoms. The molecule has 0 aliphatic heterocycles. The summed E-state index contributed by atoms with van der Waals surface area (Å²) in [5.41, 5.74) is 1.75. The fourth-order valence-corrected chi connectivity index (χ4v) is 2.99. The third-order valence-electron chi connectivity index (χ3n) is 4.39. The van der Waals surface area contributed by atoms with Crippen molar-refractivity contribution in [2.45, 2.75) is 13.0 Å². The Bertz CT molecular complexity index is 1090. The van der Waals surface area contributed by atoms with Gasteiger partial charge in [0, 0.05) is 6.20 Å². The summed E-state index contributed by atoms with van der Waals surface area (Å²) < 4.78 is 5.00. The third-order valence-corrected chi connectivity index (χ3v) is 4.60. The quantitative estimate of drug-likeness (QED) is 0.429. The lowest BCUT2D eigenvalue weighted by Crippen LogP contribution is -2.28. The van der Waals surface area contributed by atoms with Crippen LogP contribution in [0.5, 0.6) is 0 Å². The average molecular weight is 438 g/mol. The number of hydrogen-bond donors (Lipinski definition) is 2. The molecule has 158 valence electrons. The van der Waals surface area contributed by atoms with Crippen molar-refractivity contribution in [2.75, 3.05) is 11.9 Å². The van der Waals surface area contributed by atoms with E-state index in [0.717, 1.165) is 5.56 Å². The minimum atomic E-state index is -0.706. The number of para-hydroxylation sites is 1. The summed E-state index contributed by atoms with van der Waals surface area (Å²) in [6, 6.07) is 18.7. The number of anilines is 1. The highest BCUT2D eigenvalue weighted by atomic mass is 35.5. The summed E-state index contributed by atoms with van der Waals surface area (Å²) in [6.45, 7) is 1.36. The number of aromatic nitrogens is 1. The van der Waals surface area contributed by atoms with Gasteiger partial charge >= 0.3 is 5.97 Å². The van der Waals surface area contributed by atoms with Crippen LogP contribution in [-0.4, -0.2) is 29.4 Å². The van der Waals surface area contributed by atoms with Crippen LogP contribution in [0.15, 0.2) is 72.9 Å². The van der Waals surface area contributed by atoms with E-state index < -0.39 is 18.5 Å². The van der Waals surface area contributed by atoms with Gasteiger partial charge in [0.15, 0.2) is 6.61 Å². The second kappa shape index (κ2) is 10.4. The van der Waals surface area contributed by atoms with E-state index in [9.17, 15) is 14.4 Å². The molecule has 1 unspecified atom stereocenters. The van der Waals surface area contributed by atoms with Gasteiger partial charge < -0.3 is 15.4 Å². The first kappa shape index (κ1) is 22.0. The molecular weight excluding hydrogens is 418 g/mol. The smallest absolute Gasteiger partial charge is 0.338 e. The molecule has 2 amide bonds. The summed E-state index contributed by atoms with van der Waals surface area (Å²) in [5.74, 6) is -1.62. The molecule has 0 aliphatic rings. The predicted molar refractivity (Wildman–Crippen MR) is 117 cm³/mol. The van der Waals surface area contributed by atoms with Crippen LogP contribution in [0.25, 0.3) is 0 Å². The Labute approximate surface area is 184 Å². The molecule has 0 radical (unpaired) electrons. The number of carbonyl (C=O) groups excluding carboxylic acids is 3. The summed E-state index contributed by atoms with van der Waals surface area (Å²) in [4.78, 5) is 40.8. The first-order valence-electron chi connectivity index (χ1n) is 9.47. The fourth-order valence-electron chi connectivity index (χ4n) is 2.82. The van der Waals surface area contributed by atoms with E-state index in [1.807, 2.05) is 37.3 Å². The van der Waals surface area contributed by atoms with Crippen molar-refractivity contribution in [1.29, 1.82) is 0 Å². The number of pyridine rings is 1. The maximum Gasteiger partial charge on any atom is 0.338 e. The van der Waals surface area contributed by atoms with Gasteiger partial charge in [0.2, 0.25) is 0 Å². The summed E-state index contributed by atoms with van der Waals surface area (Å²) in [7, 11) is 0. The van der Waals surface area contributed by atoms with Crippen LogP contribution in [0.4, 0.5) is 5.69 Å². The largest absolute Gasteiger partial charge is 0.452 e. The standard InChI is InChI=1S/C23H20ClN3O4/c1-15(16-7-3-2-4-8-16)26-22(29)18-9-5-6-10-19(18)27-21(28)14-31-23(30)17-11-12-25-20(24)13-17/h2-13,15H,14H2,1H3,(H,26,29)(H,27,28). The number of hydrogen-bond acceptors (Lipinski definition) is 5. The zero-order chi connectivity index (χ0) is 22.2. The molecule has 0 saturated heterocycles. The number of esters is 1. The number of halogens is 1. The van der Waals surface area contributed by atoms with Gasteiger partial charge in [-0.15, -0.1) is 0 Å². The molecule has 3 aromatic rings. The first-order chi connectivity index (χ1) is 14.9. The van der Waals surface area contributed by atoms with Gasteiger partial charge in [-0.3, -0.25) is 9.59 Å². The minimum Gasteiger partial charge on any atom is -0.452 e. The molecule has 31 heavy (non-hydrogen) atoms. The van der Waals surface area contributed by atoms with E-state index in [1.54, 1.807) is 24.3 Å². The van der Waals surface area contributed by atoms with Crippen molar-refractivity contribution < 1.29 is 19.1 Å². The number of nitrogens with one attached hydrogen (secondary N) is 2. The number of rotatable bonds is 7.